The van der Waals surface area contributed by atoms with Gasteiger partial charge >= 0.3 is 11.9 Å². The van der Waals surface area contributed by atoms with E-state index in [9.17, 15) is 9.59 Å². The molecule has 0 bridgehead atoms. The minimum Gasteiger partial charge on any atom is -0.473 e. The van der Waals surface area contributed by atoms with Crippen LogP contribution in [0, 0.1) is 0 Å². The maximum absolute atomic E-state index is 11.7. The van der Waals surface area contributed by atoms with Crippen LogP contribution in [0.15, 0.2) is 16.3 Å². The Balaban J connectivity index is 3.14. The van der Waals surface area contributed by atoms with Gasteiger partial charge in [0.2, 0.25) is 0 Å². The van der Waals surface area contributed by atoms with Gasteiger partial charge in [0.1, 0.15) is 5.25 Å². The van der Waals surface area contributed by atoms with Gasteiger partial charge in [-0.3, -0.25) is 4.79 Å². The number of nitrogens with zero attached hydrogens (tertiary/aromatic N) is 1. The standard InChI is InChI=1S/C11H15NO5S/c1-5-17-11-12-6(2)7(9(13)15-3)8(18-11)10(14)16-4/h8H,5H2,1-4H3. The number of thioether (sulfide) groups is 1. The Morgan fingerprint density at radius 3 is 2.50 bits per heavy atom. The second kappa shape index (κ2) is 6.44. The van der Waals surface area contributed by atoms with Crippen molar-refractivity contribution in [2.75, 3.05) is 20.8 Å². The Kier molecular flexibility index (Phi) is 5.21. The number of carbonyl (C=O) groups excluding carboxylic acids is 2. The lowest BCUT2D eigenvalue weighted by atomic mass is 10.1. The van der Waals surface area contributed by atoms with Crippen LogP contribution in [0.1, 0.15) is 13.8 Å². The zero-order chi connectivity index (χ0) is 13.7. The van der Waals surface area contributed by atoms with Crippen molar-refractivity contribution < 1.29 is 23.8 Å². The van der Waals surface area contributed by atoms with Crippen LogP contribution in [-0.2, 0) is 23.8 Å². The van der Waals surface area contributed by atoms with Crippen molar-refractivity contribution in [3.63, 3.8) is 0 Å². The first-order valence-corrected chi connectivity index (χ1v) is 6.18. The van der Waals surface area contributed by atoms with Crippen LogP contribution in [0.2, 0.25) is 0 Å². The fourth-order valence-electron chi connectivity index (χ4n) is 1.40. The number of rotatable bonds is 3. The van der Waals surface area contributed by atoms with E-state index in [1.165, 1.54) is 14.2 Å². The predicted molar refractivity (Wildman–Crippen MR) is 67.2 cm³/mol. The Morgan fingerprint density at radius 2 is 2.00 bits per heavy atom. The summed E-state index contributed by atoms with van der Waals surface area (Å²) in [5.41, 5.74) is 0.595. The summed E-state index contributed by atoms with van der Waals surface area (Å²) in [6.07, 6.45) is 0. The van der Waals surface area contributed by atoms with Crippen LogP contribution in [0.25, 0.3) is 0 Å². The molecule has 0 N–H and O–H groups in total. The molecule has 0 spiro atoms. The molecule has 0 saturated carbocycles. The molecule has 0 radical (unpaired) electrons. The lowest BCUT2D eigenvalue weighted by Gasteiger charge is -2.22. The van der Waals surface area contributed by atoms with Gasteiger partial charge in [0, 0.05) is 0 Å². The molecule has 1 atom stereocenters. The number of allylic oxidation sites excluding steroid dienone is 1. The third kappa shape index (κ3) is 3.04. The molecule has 1 unspecified atom stereocenters. The van der Waals surface area contributed by atoms with Crippen molar-refractivity contribution in [2.45, 2.75) is 19.1 Å². The lowest BCUT2D eigenvalue weighted by molar-refractivity contribution is -0.142. The zero-order valence-corrected chi connectivity index (χ0v) is 11.5. The summed E-state index contributed by atoms with van der Waals surface area (Å²) in [5.74, 6) is -1.12. The van der Waals surface area contributed by atoms with Gasteiger partial charge in [0.05, 0.1) is 32.1 Å². The molecule has 0 aromatic heterocycles. The second-order valence-electron chi connectivity index (χ2n) is 3.32. The molecule has 6 nitrogen and oxygen atoms in total. The summed E-state index contributed by atoms with van der Waals surface area (Å²) in [6.45, 7) is 3.87. The molecule has 0 aliphatic carbocycles. The average molecular weight is 273 g/mol. The Labute approximate surface area is 109 Å². The van der Waals surface area contributed by atoms with E-state index in [1.54, 1.807) is 6.92 Å². The van der Waals surface area contributed by atoms with Crippen LogP contribution in [0.3, 0.4) is 0 Å². The normalized spacial score (nSPS) is 19.1. The second-order valence-corrected chi connectivity index (χ2v) is 4.38. The molecule has 0 aromatic carbocycles. The van der Waals surface area contributed by atoms with E-state index in [1.807, 2.05) is 6.92 Å². The summed E-state index contributed by atoms with van der Waals surface area (Å²) < 4.78 is 14.6. The van der Waals surface area contributed by atoms with E-state index in [-0.39, 0.29) is 5.57 Å². The van der Waals surface area contributed by atoms with Crippen molar-refractivity contribution in [1.29, 1.82) is 0 Å². The molecular formula is C11H15NO5S. The molecule has 7 heteroatoms. The Bertz CT molecular complexity index is 416. The summed E-state index contributed by atoms with van der Waals surface area (Å²) >= 11 is 1.04. The highest BCUT2D eigenvalue weighted by atomic mass is 32.2. The minimum atomic E-state index is -0.804. The topological polar surface area (TPSA) is 74.2 Å². The third-order valence-corrected chi connectivity index (χ3v) is 3.29. The SMILES string of the molecule is CCOC1=NC(C)=C(C(=O)OC)C(C(=O)OC)S1. The highest BCUT2D eigenvalue weighted by Crippen LogP contribution is 2.31. The minimum absolute atomic E-state index is 0.192. The number of esters is 2. The number of ether oxygens (including phenoxy) is 3. The summed E-state index contributed by atoms with van der Waals surface area (Å²) in [7, 11) is 2.52. The third-order valence-electron chi connectivity index (χ3n) is 2.22. The molecule has 1 rings (SSSR count). The largest absolute Gasteiger partial charge is 0.473 e. The summed E-state index contributed by atoms with van der Waals surface area (Å²) in [4.78, 5) is 27.5. The highest BCUT2D eigenvalue weighted by Gasteiger charge is 2.36. The highest BCUT2D eigenvalue weighted by molar-refractivity contribution is 8.14. The van der Waals surface area contributed by atoms with Crippen LogP contribution >= 0.6 is 11.8 Å². The molecule has 100 valence electrons. The molecular weight excluding hydrogens is 258 g/mol. The summed E-state index contributed by atoms with van der Waals surface area (Å²) in [5, 5.41) is -0.459. The first kappa shape index (κ1) is 14.6. The van der Waals surface area contributed by atoms with Crippen molar-refractivity contribution in [1.82, 2.24) is 0 Å². The van der Waals surface area contributed by atoms with Crippen LogP contribution in [0.5, 0.6) is 0 Å². The van der Waals surface area contributed by atoms with E-state index in [2.05, 4.69) is 14.5 Å². The fourth-order valence-corrected chi connectivity index (χ4v) is 2.55. The Hall–Kier alpha value is -1.50. The van der Waals surface area contributed by atoms with Crippen molar-refractivity contribution in [3.8, 4) is 0 Å². The van der Waals surface area contributed by atoms with E-state index in [0.29, 0.717) is 17.5 Å². The summed E-state index contributed by atoms with van der Waals surface area (Å²) in [6, 6.07) is 0. The van der Waals surface area contributed by atoms with Crippen LogP contribution in [-0.4, -0.2) is 43.2 Å². The molecule has 0 aromatic rings. The number of methoxy groups -OCH3 is 2. The molecule has 18 heavy (non-hydrogen) atoms. The van der Waals surface area contributed by atoms with E-state index >= 15 is 0 Å². The van der Waals surface area contributed by atoms with Gasteiger partial charge in [0.15, 0.2) is 0 Å². The van der Waals surface area contributed by atoms with Gasteiger partial charge in [-0.25, -0.2) is 9.79 Å². The Morgan fingerprint density at radius 1 is 1.33 bits per heavy atom. The fraction of sp³-hybridized carbons (Fsp3) is 0.545. The van der Waals surface area contributed by atoms with Gasteiger partial charge in [-0.2, -0.15) is 0 Å². The van der Waals surface area contributed by atoms with E-state index in [0.717, 1.165) is 11.8 Å². The van der Waals surface area contributed by atoms with E-state index < -0.39 is 17.2 Å². The number of hydrogen-bond donors (Lipinski definition) is 0. The molecule has 1 aliphatic heterocycles. The van der Waals surface area contributed by atoms with Crippen molar-refractivity contribution >= 4 is 28.9 Å². The zero-order valence-electron chi connectivity index (χ0n) is 10.7. The molecule has 0 saturated heterocycles. The molecule has 0 amide bonds. The molecule has 1 heterocycles. The maximum atomic E-state index is 11.7. The van der Waals surface area contributed by atoms with Crippen molar-refractivity contribution in [3.05, 3.63) is 11.3 Å². The maximum Gasteiger partial charge on any atom is 0.337 e. The van der Waals surface area contributed by atoms with Gasteiger partial charge in [-0.15, -0.1) is 0 Å². The van der Waals surface area contributed by atoms with E-state index in [4.69, 9.17) is 4.74 Å². The predicted octanol–water partition coefficient (Wildman–Crippen LogP) is 1.11. The smallest absolute Gasteiger partial charge is 0.337 e. The first-order chi connectivity index (χ1) is 8.54. The quantitative estimate of drug-likeness (QED) is 0.717. The van der Waals surface area contributed by atoms with Crippen LogP contribution < -0.4 is 0 Å². The lowest BCUT2D eigenvalue weighted by Crippen LogP contribution is -2.31. The number of aliphatic imine (C=N–C) groups is 1. The van der Waals surface area contributed by atoms with Gasteiger partial charge in [-0.05, 0) is 25.6 Å². The van der Waals surface area contributed by atoms with Gasteiger partial charge in [-0.1, -0.05) is 0 Å². The molecule has 1 aliphatic rings. The molecule has 0 fully saturated rings. The van der Waals surface area contributed by atoms with Crippen molar-refractivity contribution in [2.24, 2.45) is 4.99 Å². The van der Waals surface area contributed by atoms with Crippen LogP contribution in [0.4, 0.5) is 0 Å². The first-order valence-electron chi connectivity index (χ1n) is 5.30. The average Bonchev–Trinajstić information content (AvgIpc) is 2.36. The number of carbonyl (C=O) groups is 2. The van der Waals surface area contributed by atoms with Gasteiger partial charge < -0.3 is 14.2 Å². The van der Waals surface area contributed by atoms with Gasteiger partial charge in [0.25, 0.3) is 5.23 Å². The number of hydrogen-bond acceptors (Lipinski definition) is 7. The monoisotopic (exact) mass is 273 g/mol.